The highest BCUT2D eigenvalue weighted by atomic mass is 16.5. The number of ether oxygens (including phenoxy) is 1. The lowest BCUT2D eigenvalue weighted by Crippen LogP contribution is -2.49. The summed E-state index contributed by atoms with van der Waals surface area (Å²) in [5, 5.41) is 0. The Balaban J connectivity index is 1.90. The SMILES string of the molecule is C[C@@H](N)C1CN(Cc2ccccc2)CCO1. The Kier molecular flexibility index (Phi) is 3.93. The molecule has 88 valence electrons. The van der Waals surface area contributed by atoms with Gasteiger partial charge in [0, 0.05) is 25.7 Å². The van der Waals surface area contributed by atoms with E-state index in [1.54, 1.807) is 0 Å². The van der Waals surface area contributed by atoms with E-state index < -0.39 is 0 Å². The fraction of sp³-hybridized carbons (Fsp3) is 0.538. The van der Waals surface area contributed by atoms with Gasteiger partial charge in [-0.05, 0) is 12.5 Å². The van der Waals surface area contributed by atoms with E-state index >= 15 is 0 Å². The van der Waals surface area contributed by atoms with Crippen molar-refractivity contribution in [3.63, 3.8) is 0 Å². The van der Waals surface area contributed by atoms with Gasteiger partial charge in [-0.15, -0.1) is 0 Å². The highest BCUT2D eigenvalue weighted by Crippen LogP contribution is 2.11. The summed E-state index contributed by atoms with van der Waals surface area (Å²) in [5.74, 6) is 0. The molecule has 2 atom stereocenters. The quantitative estimate of drug-likeness (QED) is 0.833. The normalized spacial score (nSPS) is 24.2. The van der Waals surface area contributed by atoms with Crippen LogP contribution in [0.2, 0.25) is 0 Å². The van der Waals surface area contributed by atoms with Crippen LogP contribution >= 0.6 is 0 Å². The molecule has 16 heavy (non-hydrogen) atoms. The van der Waals surface area contributed by atoms with Gasteiger partial charge in [0.15, 0.2) is 0 Å². The molecule has 0 amide bonds. The molecule has 1 aliphatic heterocycles. The fourth-order valence-corrected chi connectivity index (χ4v) is 2.03. The molecule has 2 rings (SSSR count). The third kappa shape index (κ3) is 3.04. The van der Waals surface area contributed by atoms with E-state index in [1.165, 1.54) is 5.56 Å². The minimum atomic E-state index is 0.110. The van der Waals surface area contributed by atoms with E-state index in [-0.39, 0.29) is 12.1 Å². The fourth-order valence-electron chi connectivity index (χ4n) is 2.03. The smallest absolute Gasteiger partial charge is 0.0850 e. The molecule has 0 aromatic heterocycles. The number of nitrogens with zero attached hydrogens (tertiary/aromatic N) is 1. The van der Waals surface area contributed by atoms with Gasteiger partial charge in [0.25, 0.3) is 0 Å². The van der Waals surface area contributed by atoms with Crippen molar-refractivity contribution in [3.05, 3.63) is 35.9 Å². The second-order valence-electron chi connectivity index (χ2n) is 4.49. The van der Waals surface area contributed by atoms with Crippen LogP contribution < -0.4 is 5.73 Å². The minimum absolute atomic E-state index is 0.110. The van der Waals surface area contributed by atoms with Crippen LogP contribution in [-0.2, 0) is 11.3 Å². The average molecular weight is 220 g/mol. The largest absolute Gasteiger partial charge is 0.374 e. The summed E-state index contributed by atoms with van der Waals surface area (Å²) in [4.78, 5) is 2.41. The van der Waals surface area contributed by atoms with Crippen LogP contribution in [0, 0.1) is 0 Å². The molecule has 0 spiro atoms. The van der Waals surface area contributed by atoms with Gasteiger partial charge in [-0.1, -0.05) is 30.3 Å². The molecule has 3 heteroatoms. The monoisotopic (exact) mass is 220 g/mol. The summed E-state index contributed by atoms with van der Waals surface area (Å²) < 4.78 is 5.64. The third-order valence-electron chi connectivity index (χ3n) is 3.01. The van der Waals surface area contributed by atoms with Gasteiger partial charge in [-0.25, -0.2) is 0 Å². The lowest BCUT2D eigenvalue weighted by molar-refractivity contribution is -0.0403. The van der Waals surface area contributed by atoms with Crippen molar-refractivity contribution < 1.29 is 4.74 Å². The summed E-state index contributed by atoms with van der Waals surface area (Å²) in [7, 11) is 0. The Bertz CT molecular complexity index is 313. The third-order valence-corrected chi connectivity index (χ3v) is 3.01. The van der Waals surface area contributed by atoms with Crippen molar-refractivity contribution in [1.29, 1.82) is 0 Å². The van der Waals surface area contributed by atoms with Crippen molar-refractivity contribution in [1.82, 2.24) is 4.90 Å². The number of hydrogen-bond acceptors (Lipinski definition) is 3. The summed E-state index contributed by atoms with van der Waals surface area (Å²) in [5.41, 5.74) is 7.23. The molecule has 0 radical (unpaired) electrons. The maximum atomic E-state index is 5.87. The van der Waals surface area contributed by atoms with Gasteiger partial charge in [0.1, 0.15) is 0 Å². The number of nitrogens with two attached hydrogens (primary N) is 1. The Morgan fingerprint density at radius 1 is 1.44 bits per heavy atom. The number of rotatable bonds is 3. The number of benzene rings is 1. The maximum absolute atomic E-state index is 5.87. The Labute approximate surface area is 97.2 Å². The zero-order valence-corrected chi connectivity index (χ0v) is 9.80. The molecular formula is C13H20N2O. The zero-order chi connectivity index (χ0) is 11.4. The lowest BCUT2D eigenvalue weighted by atomic mass is 10.1. The Hall–Kier alpha value is -0.900. The summed E-state index contributed by atoms with van der Waals surface area (Å²) in [6.07, 6.45) is 0.178. The van der Waals surface area contributed by atoms with Crippen LogP contribution in [0.25, 0.3) is 0 Å². The first-order valence-corrected chi connectivity index (χ1v) is 5.89. The predicted molar refractivity (Wildman–Crippen MR) is 65.1 cm³/mol. The molecule has 1 heterocycles. The van der Waals surface area contributed by atoms with Crippen molar-refractivity contribution in [2.75, 3.05) is 19.7 Å². The lowest BCUT2D eigenvalue weighted by Gasteiger charge is -2.34. The molecule has 0 saturated carbocycles. The van der Waals surface area contributed by atoms with E-state index in [9.17, 15) is 0 Å². The van der Waals surface area contributed by atoms with E-state index in [0.717, 1.165) is 26.2 Å². The standard InChI is InChI=1S/C13H20N2O/c1-11(14)13-10-15(7-8-16-13)9-12-5-3-2-4-6-12/h2-6,11,13H,7-10,14H2,1H3/t11-,13?/m1/s1. The van der Waals surface area contributed by atoms with Gasteiger partial charge in [0.05, 0.1) is 12.7 Å². The van der Waals surface area contributed by atoms with Crippen LogP contribution in [0.4, 0.5) is 0 Å². The molecular weight excluding hydrogens is 200 g/mol. The first-order valence-electron chi connectivity index (χ1n) is 5.89. The maximum Gasteiger partial charge on any atom is 0.0850 e. The Morgan fingerprint density at radius 2 is 2.19 bits per heavy atom. The molecule has 1 aliphatic rings. The molecule has 1 saturated heterocycles. The zero-order valence-electron chi connectivity index (χ0n) is 9.80. The minimum Gasteiger partial charge on any atom is -0.374 e. The molecule has 0 aliphatic carbocycles. The van der Waals surface area contributed by atoms with E-state index in [4.69, 9.17) is 10.5 Å². The first kappa shape index (κ1) is 11.6. The molecule has 0 bridgehead atoms. The van der Waals surface area contributed by atoms with E-state index in [1.807, 2.05) is 13.0 Å². The van der Waals surface area contributed by atoms with Gasteiger partial charge in [0.2, 0.25) is 0 Å². The van der Waals surface area contributed by atoms with Crippen LogP contribution in [0.5, 0.6) is 0 Å². The summed E-state index contributed by atoms with van der Waals surface area (Å²) >= 11 is 0. The van der Waals surface area contributed by atoms with Crippen LogP contribution in [0.1, 0.15) is 12.5 Å². The van der Waals surface area contributed by atoms with Crippen molar-refractivity contribution in [2.45, 2.75) is 25.6 Å². The van der Waals surface area contributed by atoms with E-state index in [0.29, 0.717) is 0 Å². The second kappa shape index (κ2) is 5.43. The second-order valence-corrected chi connectivity index (χ2v) is 4.49. The van der Waals surface area contributed by atoms with Crippen LogP contribution in [0.15, 0.2) is 30.3 Å². The average Bonchev–Trinajstić information content (AvgIpc) is 2.30. The van der Waals surface area contributed by atoms with Crippen molar-refractivity contribution >= 4 is 0 Å². The van der Waals surface area contributed by atoms with Crippen molar-refractivity contribution in [2.24, 2.45) is 5.73 Å². The molecule has 1 aromatic carbocycles. The van der Waals surface area contributed by atoms with E-state index in [2.05, 4.69) is 29.2 Å². The van der Waals surface area contributed by atoms with Crippen LogP contribution in [-0.4, -0.2) is 36.7 Å². The van der Waals surface area contributed by atoms with Crippen LogP contribution in [0.3, 0.4) is 0 Å². The highest BCUT2D eigenvalue weighted by Gasteiger charge is 2.23. The molecule has 3 nitrogen and oxygen atoms in total. The summed E-state index contributed by atoms with van der Waals surface area (Å²) in [6, 6.07) is 10.6. The molecule has 1 fully saturated rings. The van der Waals surface area contributed by atoms with Gasteiger partial charge in [-0.3, -0.25) is 4.90 Å². The summed E-state index contributed by atoms with van der Waals surface area (Å²) in [6.45, 7) is 5.73. The predicted octanol–water partition coefficient (Wildman–Crippen LogP) is 1.23. The Morgan fingerprint density at radius 3 is 2.88 bits per heavy atom. The first-order chi connectivity index (χ1) is 7.75. The van der Waals surface area contributed by atoms with Gasteiger partial charge >= 0.3 is 0 Å². The van der Waals surface area contributed by atoms with Gasteiger partial charge < -0.3 is 10.5 Å². The molecule has 1 aromatic rings. The molecule has 2 N–H and O–H groups in total. The van der Waals surface area contributed by atoms with Crippen molar-refractivity contribution in [3.8, 4) is 0 Å². The van der Waals surface area contributed by atoms with Gasteiger partial charge in [-0.2, -0.15) is 0 Å². The number of hydrogen-bond donors (Lipinski definition) is 1. The topological polar surface area (TPSA) is 38.5 Å². The highest BCUT2D eigenvalue weighted by molar-refractivity contribution is 5.14. The molecule has 1 unspecified atom stereocenters. The number of morpholine rings is 1.